The molecule has 0 unspecified atom stereocenters. The predicted molar refractivity (Wildman–Crippen MR) is 78.8 cm³/mol. The summed E-state index contributed by atoms with van der Waals surface area (Å²) in [6.07, 6.45) is 8.67. The second kappa shape index (κ2) is 7.65. The van der Waals surface area contributed by atoms with Crippen LogP contribution < -0.4 is 5.32 Å². The van der Waals surface area contributed by atoms with Crippen molar-refractivity contribution in [3.05, 3.63) is 21.4 Å². The second-order valence-electron chi connectivity index (χ2n) is 5.15. The van der Waals surface area contributed by atoms with Gasteiger partial charge in [-0.05, 0) is 44.1 Å². The van der Waals surface area contributed by atoms with Crippen LogP contribution in [-0.2, 0) is 12.8 Å². The lowest BCUT2D eigenvalue weighted by Gasteiger charge is -2.12. The van der Waals surface area contributed by atoms with Crippen LogP contribution in [0, 0.1) is 0 Å². The van der Waals surface area contributed by atoms with Gasteiger partial charge < -0.3 is 10.4 Å². The molecular formula is C15H23NO2S. The lowest BCUT2D eigenvalue weighted by Crippen LogP contribution is -2.25. The fourth-order valence-corrected chi connectivity index (χ4v) is 3.70. The average molecular weight is 281 g/mol. The van der Waals surface area contributed by atoms with Gasteiger partial charge in [-0.3, -0.25) is 4.79 Å². The Hall–Kier alpha value is -0.870. The van der Waals surface area contributed by atoms with Gasteiger partial charge >= 0.3 is 0 Å². The van der Waals surface area contributed by atoms with Crippen LogP contribution in [0.2, 0.25) is 0 Å². The normalized spacial score (nSPS) is 14.2. The molecule has 106 valence electrons. The number of unbranched alkanes of at least 4 members (excludes halogenated alkanes) is 3. The summed E-state index contributed by atoms with van der Waals surface area (Å²) in [6.45, 7) is 1.02. The van der Waals surface area contributed by atoms with E-state index in [1.165, 1.54) is 23.3 Å². The van der Waals surface area contributed by atoms with Crippen LogP contribution in [0.15, 0.2) is 5.38 Å². The van der Waals surface area contributed by atoms with Crippen molar-refractivity contribution in [2.45, 2.75) is 51.4 Å². The van der Waals surface area contributed by atoms with Gasteiger partial charge in [-0.2, -0.15) is 0 Å². The Morgan fingerprint density at radius 1 is 1.21 bits per heavy atom. The number of carbonyl (C=O) groups is 1. The van der Waals surface area contributed by atoms with Crippen molar-refractivity contribution in [3.8, 4) is 0 Å². The molecule has 0 aromatic carbocycles. The third-order valence-corrected chi connectivity index (χ3v) is 4.77. The van der Waals surface area contributed by atoms with Crippen LogP contribution in [0.1, 0.15) is 59.3 Å². The summed E-state index contributed by atoms with van der Waals surface area (Å²) in [5, 5.41) is 13.7. The minimum absolute atomic E-state index is 0.0987. The van der Waals surface area contributed by atoms with Gasteiger partial charge in [-0.1, -0.05) is 12.8 Å². The number of aliphatic hydroxyl groups is 1. The van der Waals surface area contributed by atoms with E-state index < -0.39 is 0 Å². The monoisotopic (exact) mass is 281 g/mol. The number of hydrogen-bond acceptors (Lipinski definition) is 3. The molecule has 1 aliphatic carbocycles. The number of carbonyl (C=O) groups excluding carboxylic acids is 1. The average Bonchev–Trinajstić information content (AvgIpc) is 2.86. The molecule has 0 aliphatic heterocycles. The highest BCUT2D eigenvalue weighted by molar-refractivity contribution is 7.10. The van der Waals surface area contributed by atoms with Crippen molar-refractivity contribution in [2.75, 3.05) is 13.2 Å². The molecule has 1 aromatic heterocycles. The highest BCUT2D eigenvalue weighted by Gasteiger charge is 2.19. The second-order valence-corrected chi connectivity index (χ2v) is 6.12. The first-order chi connectivity index (χ1) is 9.33. The summed E-state index contributed by atoms with van der Waals surface area (Å²) in [7, 11) is 0. The molecule has 4 heteroatoms. The van der Waals surface area contributed by atoms with E-state index >= 15 is 0 Å². The van der Waals surface area contributed by atoms with Crippen molar-refractivity contribution in [1.29, 1.82) is 0 Å². The van der Waals surface area contributed by atoms with Gasteiger partial charge in [-0.25, -0.2) is 0 Å². The van der Waals surface area contributed by atoms with E-state index in [2.05, 4.69) is 5.32 Å². The van der Waals surface area contributed by atoms with E-state index in [4.69, 9.17) is 5.11 Å². The van der Waals surface area contributed by atoms with Crippen molar-refractivity contribution in [3.63, 3.8) is 0 Å². The lowest BCUT2D eigenvalue weighted by atomic mass is 9.95. The molecule has 0 saturated carbocycles. The molecule has 1 heterocycles. The first-order valence-corrected chi connectivity index (χ1v) is 8.19. The van der Waals surface area contributed by atoms with Gasteiger partial charge in [0.05, 0.1) is 5.56 Å². The van der Waals surface area contributed by atoms with Gasteiger partial charge in [0.15, 0.2) is 0 Å². The van der Waals surface area contributed by atoms with Gasteiger partial charge in [0.2, 0.25) is 0 Å². The van der Waals surface area contributed by atoms with Crippen LogP contribution in [0.25, 0.3) is 0 Å². The molecule has 1 aliphatic rings. The van der Waals surface area contributed by atoms with Gasteiger partial charge in [0.25, 0.3) is 5.91 Å². The van der Waals surface area contributed by atoms with Gasteiger partial charge in [0.1, 0.15) is 0 Å². The molecule has 19 heavy (non-hydrogen) atoms. The fraction of sp³-hybridized carbons (Fsp3) is 0.667. The summed E-state index contributed by atoms with van der Waals surface area (Å²) < 4.78 is 0. The maximum absolute atomic E-state index is 12.1. The predicted octanol–water partition coefficient (Wildman–Crippen LogP) is 2.91. The highest BCUT2D eigenvalue weighted by Crippen LogP contribution is 2.30. The summed E-state index contributed by atoms with van der Waals surface area (Å²) in [6, 6.07) is 0. The molecule has 1 amide bonds. The first kappa shape index (κ1) is 14.5. The minimum atomic E-state index is 0.0987. The third kappa shape index (κ3) is 4.05. The Morgan fingerprint density at radius 2 is 2.00 bits per heavy atom. The van der Waals surface area contributed by atoms with Gasteiger partial charge in [0, 0.05) is 23.4 Å². The Balaban J connectivity index is 1.75. The van der Waals surface area contributed by atoms with Crippen LogP contribution in [0.5, 0.6) is 0 Å². The minimum Gasteiger partial charge on any atom is -0.396 e. The topological polar surface area (TPSA) is 49.3 Å². The van der Waals surface area contributed by atoms with Crippen LogP contribution in [-0.4, -0.2) is 24.2 Å². The van der Waals surface area contributed by atoms with Crippen molar-refractivity contribution >= 4 is 17.2 Å². The van der Waals surface area contributed by atoms with E-state index in [9.17, 15) is 4.79 Å². The first-order valence-electron chi connectivity index (χ1n) is 7.31. The quantitative estimate of drug-likeness (QED) is 0.755. The third-order valence-electron chi connectivity index (χ3n) is 3.68. The highest BCUT2D eigenvalue weighted by atomic mass is 32.1. The summed E-state index contributed by atoms with van der Waals surface area (Å²) in [5.74, 6) is 0.0987. The fourth-order valence-electron chi connectivity index (χ4n) is 2.57. The molecule has 0 spiro atoms. The zero-order valence-electron chi connectivity index (χ0n) is 11.4. The number of aryl methyl sites for hydroxylation is 1. The Labute approximate surface area is 119 Å². The van der Waals surface area contributed by atoms with E-state index in [-0.39, 0.29) is 12.5 Å². The molecule has 0 radical (unpaired) electrons. The molecular weight excluding hydrogens is 258 g/mol. The van der Waals surface area contributed by atoms with Crippen LogP contribution >= 0.6 is 11.3 Å². The number of fused-ring (bicyclic) bond motifs is 1. The standard InChI is InChI=1S/C15H23NO2S/c17-10-6-2-1-5-9-16-15(18)13-11-19-14-8-4-3-7-12(13)14/h11,17H,1-10H2,(H,16,18). The largest absolute Gasteiger partial charge is 0.396 e. The molecule has 0 saturated heterocycles. The number of thiophene rings is 1. The Morgan fingerprint density at radius 3 is 2.84 bits per heavy atom. The van der Waals surface area contributed by atoms with Crippen molar-refractivity contribution in [2.24, 2.45) is 0 Å². The van der Waals surface area contributed by atoms with Crippen LogP contribution in [0.3, 0.4) is 0 Å². The number of hydrogen-bond donors (Lipinski definition) is 2. The number of aliphatic hydroxyl groups excluding tert-OH is 1. The van der Waals surface area contributed by atoms with E-state index in [0.717, 1.165) is 50.6 Å². The number of amides is 1. The van der Waals surface area contributed by atoms with E-state index in [1.807, 2.05) is 5.38 Å². The molecule has 2 rings (SSSR count). The maximum Gasteiger partial charge on any atom is 0.252 e. The Bertz CT molecular complexity index is 414. The Kier molecular flexibility index (Phi) is 5.86. The van der Waals surface area contributed by atoms with E-state index in [1.54, 1.807) is 11.3 Å². The number of rotatable bonds is 7. The summed E-state index contributed by atoms with van der Waals surface area (Å²) >= 11 is 1.74. The summed E-state index contributed by atoms with van der Waals surface area (Å²) in [5.41, 5.74) is 2.21. The molecule has 0 fully saturated rings. The van der Waals surface area contributed by atoms with Crippen LogP contribution in [0.4, 0.5) is 0 Å². The molecule has 1 aromatic rings. The molecule has 0 bridgehead atoms. The van der Waals surface area contributed by atoms with Gasteiger partial charge in [-0.15, -0.1) is 11.3 Å². The SMILES string of the molecule is O=C(NCCCCCCO)c1csc2c1CCCC2. The maximum atomic E-state index is 12.1. The lowest BCUT2D eigenvalue weighted by molar-refractivity contribution is 0.0952. The smallest absolute Gasteiger partial charge is 0.252 e. The van der Waals surface area contributed by atoms with Crippen molar-refractivity contribution < 1.29 is 9.90 Å². The molecule has 3 nitrogen and oxygen atoms in total. The number of nitrogens with one attached hydrogen (secondary N) is 1. The molecule has 0 atom stereocenters. The zero-order valence-corrected chi connectivity index (χ0v) is 12.2. The van der Waals surface area contributed by atoms with E-state index in [0.29, 0.717) is 0 Å². The summed E-state index contributed by atoms with van der Waals surface area (Å²) in [4.78, 5) is 13.5. The van der Waals surface area contributed by atoms with Crippen molar-refractivity contribution in [1.82, 2.24) is 5.32 Å². The molecule has 2 N–H and O–H groups in total. The zero-order chi connectivity index (χ0) is 13.5.